The molecule has 7 nitrogen and oxygen atoms in total. The molecule has 148 valence electrons. The number of carbonyl (C=O) groups excluding carboxylic acids is 1. The fraction of sp³-hybridized carbons (Fsp3) is 0.200. The number of fused-ring (bicyclic) bond motifs is 1. The molecule has 0 saturated carbocycles. The second-order valence-electron chi connectivity index (χ2n) is 6.24. The lowest BCUT2D eigenvalue weighted by Crippen LogP contribution is -2.19. The van der Waals surface area contributed by atoms with Gasteiger partial charge in [-0.3, -0.25) is 9.36 Å². The van der Waals surface area contributed by atoms with Crippen LogP contribution in [-0.2, 0) is 17.8 Å². The summed E-state index contributed by atoms with van der Waals surface area (Å²) in [6.45, 7) is 0.235. The number of nitrogens with zero attached hydrogens (tertiary/aromatic N) is 3. The van der Waals surface area contributed by atoms with Gasteiger partial charge in [0.2, 0.25) is 11.0 Å². The van der Waals surface area contributed by atoms with E-state index in [1.165, 1.54) is 21.5 Å². The van der Waals surface area contributed by atoms with Crippen LogP contribution in [0.3, 0.4) is 0 Å². The average molecular weight is 427 g/mol. The van der Waals surface area contributed by atoms with E-state index in [9.17, 15) is 9.59 Å². The van der Waals surface area contributed by atoms with Crippen molar-refractivity contribution in [2.45, 2.75) is 23.7 Å². The number of thioether (sulfide) groups is 1. The van der Waals surface area contributed by atoms with Crippen molar-refractivity contribution >= 4 is 45.2 Å². The van der Waals surface area contributed by atoms with Gasteiger partial charge in [0, 0.05) is 18.7 Å². The van der Waals surface area contributed by atoms with Crippen molar-refractivity contribution in [1.82, 2.24) is 14.8 Å². The summed E-state index contributed by atoms with van der Waals surface area (Å²) in [4.78, 5) is 24.2. The van der Waals surface area contributed by atoms with Gasteiger partial charge in [0.25, 0.3) is 0 Å². The van der Waals surface area contributed by atoms with E-state index in [1.54, 1.807) is 30.0 Å². The zero-order valence-corrected chi connectivity index (χ0v) is 17.0. The maximum Gasteiger partial charge on any atom is 0.419 e. The third-order valence-corrected chi connectivity index (χ3v) is 6.22. The zero-order valence-electron chi connectivity index (χ0n) is 15.4. The molecule has 1 N–H and O–H groups in total. The van der Waals surface area contributed by atoms with Crippen molar-refractivity contribution < 1.29 is 9.21 Å². The van der Waals surface area contributed by atoms with Crippen molar-refractivity contribution in [2.75, 3.05) is 11.1 Å². The molecule has 2 heterocycles. The molecule has 0 atom stereocenters. The monoisotopic (exact) mass is 426 g/mol. The van der Waals surface area contributed by atoms with Gasteiger partial charge < -0.3 is 9.73 Å². The van der Waals surface area contributed by atoms with Gasteiger partial charge in [-0.15, -0.1) is 10.2 Å². The first kappa shape index (κ1) is 19.4. The standard InChI is InChI=1S/C20H18N4O3S2/c25-17(10-12-24-15-8-4-5-9-16(15)27-20(24)26)21-18-22-23-19(29-18)28-13-11-14-6-2-1-3-7-14/h1-9H,10-13H2,(H,21,22,25). The number of rotatable bonds is 8. The fourth-order valence-electron chi connectivity index (χ4n) is 2.84. The minimum Gasteiger partial charge on any atom is -0.408 e. The lowest BCUT2D eigenvalue weighted by atomic mass is 10.2. The summed E-state index contributed by atoms with van der Waals surface area (Å²) in [6.07, 6.45) is 1.08. The minimum absolute atomic E-state index is 0.138. The van der Waals surface area contributed by atoms with Crippen LogP contribution in [0.1, 0.15) is 12.0 Å². The summed E-state index contributed by atoms with van der Waals surface area (Å²) < 4.78 is 7.45. The molecular weight excluding hydrogens is 408 g/mol. The number of aromatic nitrogens is 3. The van der Waals surface area contributed by atoms with Crippen LogP contribution in [0, 0.1) is 0 Å². The maximum absolute atomic E-state index is 12.2. The largest absolute Gasteiger partial charge is 0.419 e. The van der Waals surface area contributed by atoms with E-state index in [0.29, 0.717) is 16.2 Å². The minimum atomic E-state index is -0.466. The number of para-hydroxylation sites is 2. The van der Waals surface area contributed by atoms with Gasteiger partial charge in [0.1, 0.15) is 0 Å². The van der Waals surface area contributed by atoms with E-state index < -0.39 is 5.76 Å². The Kier molecular flexibility index (Phi) is 6.06. The highest BCUT2D eigenvalue weighted by Gasteiger charge is 2.12. The molecular formula is C20H18N4O3S2. The van der Waals surface area contributed by atoms with Gasteiger partial charge in [0.05, 0.1) is 5.52 Å². The van der Waals surface area contributed by atoms with Crippen LogP contribution < -0.4 is 11.1 Å². The molecule has 0 bridgehead atoms. The van der Waals surface area contributed by atoms with E-state index in [4.69, 9.17) is 4.42 Å². The molecule has 2 aromatic heterocycles. The SMILES string of the molecule is O=C(CCn1c(=O)oc2ccccc21)Nc1nnc(SCCc2ccccc2)s1. The first-order valence-electron chi connectivity index (χ1n) is 9.07. The van der Waals surface area contributed by atoms with Crippen LogP contribution in [0.2, 0.25) is 0 Å². The Balaban J connectivity index is 1.28. The molecule has 9 heteroatoms. The second kappa shape index (κ2) is 9.06. The molecule has 0 radical (unpaired) electrons. The van der Waals surface area contributed by atoms with E-state index >= 15 is 0 Å². The number of anilines is 1. The Hall–Kier alpha value is -2.91. The third-order valence-electron chi connectivity index (χ3n) is 4.25. The van der Waals surface area contributed by atoms with Crippen molar-refractivity contribution in [2.24, 2.45) is 0 Å². The topological polar surface area (TPSA) is 90.0 Å². The number of oxazole rings is 1. The van der Waals surface area contributed by atoms with Crippen LogP contribution in [0.5, 0.6) is 0 Å². The molecule has 0 fully saturated rings. The Morgan fingerprint density at radius 3 is 2.76 bits per heavy atom. The average Bonchev–Trinajstić information content (AvgIpc) is 3.30. The van der Waals surface area contributed by atoms with Crippen molar-refractivity contribution in [3.8, 4) is 0 Å². The zero-order chi connectivity index (χ0) is 20.1. The van der Waals surface area contributed by atoms with Gasteiger partial charge in [0.15, 0.2) is 9.92 Å². The fourth-order valence-corrected chi connectivity index (χ4v) is 4.67. The number of hydrogen-bond acceptors (Lipinski definition) is 7. The maximum atomic E-state index is 12.2. The number of aryl methyl sites for hydroxylation is 2. The van der Waals surface area contributed by atoms with E-state index in [1.807, 2.05) is 24.3 Å². The Labute approximate surface area is 174 Å². The first-order chi connectivity index (χ1) is 14.2. The molecule has 4 aromatic rings. The molecule has 0 unspecified atom stereocenters. The summed E-state index contributed by atoms with van der Waals surface area (Å²) in [5.74, 6) is 0.203. The van der Waals surface area contributed by atoms with E-state index in [2.05, 4.69) is 27.6 Å². The van der Waals surface area contributed by atoms with Crippen LogP contribution >= 0.6 is 23.1 Å². The van der Waals surface area contributed by atoms with Gasteiger partial charge in [-0.1, -0.05) is 65.6 Å². The first-order valence-corrected chi connectivity index (χ1v) is 10.9. The second-order valence-corrected chi connectivity index (χ2v) is 8.56. The van der Waals surface area contributed by atoms with Gasteiger partial charge in [-0.2, -0.15) is 0 Å². The highest BCUT2D eigenvalue weighted by molar-refractivity contribution is 8.01. The highest BCUT2D eigenvalue weighted by Crippen LogP contribution is 2.26. The summed E-state index contributed by atoms with van der Waals surface area (Å²) in [6, 6.07) is 17.4. The molecule has 0 aliphatic rings. The molecule has 0 saturated heterocycles. The quantitative estimate of drug-likeness (QED) is 0.340. The van der Waals surface area contributed by atoms with Gasteiger partial charge in [-0.25, -0.2) is 4.79 Å². The summed E-state index contributed by atoms with van der Waals surface area (Å²) in [5, 5.41) is 11.3. The van der Waals surface area contributed by atoms with Gasteiger partial charge >= 0.3 is 5.76 Å². The number of hydrogen-bond donors (Lipinski definition) is 1. The molecule has 29 heavy (non-hydrogen) atoms. The van der Waals surface area contributed by atoms with E-state index in [0.717, 1.165) is 16.5 Å². The Morgan fingerprint density at radius 2 is 1.90 bits per heavy atom. The lowest BCUT2D eigenvalue weighted by molar-refractivity contribution is -0.116. The lowest BCUT2D eigenvalue weighted by Gasteiger charge is -2.02. The normalized spacial score (nSPS) is 11.0. The molecule has 0 spiro atoms. The van der Waals surface area contributed by atoms with Crippen LogP contribution in [-0.4, -0.2) is 26.4 Å². The molecule has 2 aromatic carbocycles. The third kappa shape index (κ3) is 4.93. The van der Waals surface area contributed by atoms with Crippen molar-refractivity contribution in [3.63, 3.8) is 0 Å². The van der Waals surface area contributed by atoms with Crippen molar-refractivity contribution in [3.05, 3.63) is 70.7 Å². The Bertz CT molecular complexity index is 1170. The van der Waals surface area contributed by atoms with E-state index in [-0.39, 0.29) is 18.9 Å². The molecule has 0 aliphatic heterocycles. The summed E-state index contributed by atoms with van der Waals surface area (Å²) in [5.41, 5.74) is 2.47. The predicted octanol–water partition coefficient (Wildman–Crippen LogP) is 3.81. The Morgan fingerprint density at radius 1 is 1.10 bits per heavy atom. The van der Waals surface area contributed by atoms with Crippen molar-refractivity contribution in [1.29, 1.82) is 0 Å². The van der Waals surface area contributed by atoms with Crippen LogP contribution in [0.25, 0.3) is 11.1 Å². The summed E-state index contributed by atoms with van der Waals surface area (Å²) >= 11 is 2.96. The predicted molar refractivity (Wildman–Crippen MR) is 114 cm³/mol. The highest BCUT2D eigenvalue weighted by atomic mass is 32.2. The molecule has 1 amide bonds. The van der Waals surface area contributed by atoms with Gasteiger partial charge in [-0.05, 0) is 24.1 Å². The number of amides is 1. The number of carbonyl (C=O) groups is 1. The number of nitrogens with one attached hydrogen (secondary N) is 1. The van der Waals surface area contributed by atoms with Crippen LogP contribution in [0.15, 0.2) is 68.1 Å². The van der Waals surface area contributed by atoms with Crippen LogP contribution in [0.4, 0.5) is 5.13 Å². The molecule has 0 aliphatic carbocycles. The summed E-state index contributed by atoms with van der Waals surface area (Å²) in [7, 11) is 0. The smallest absolute Gasteiger partial charge is 0.408 e. The number of benzene rings is 2. The molecule has 4 rings (SSSR count).